The summed E-state index contributed by atoms with van der Waals surface area (Å²) in [5.41, 5.74) is 3.33. The quantitative estimate of drug-likeness (QED) is 0.580. The predicted molar refractivity (Wildman–Crippen MR) is 100.0 cm³/mol. The van der Waals surface area contributed by atoms with Crippen molar-refractivity contribution in [3.63, 3.8) is 0 Å². The Hall–Kier alpha value is -3.22. The van der Waals surface area contributed by atoms with Crippen LogP contribution in [0.15, 0.2) is 55.1 Å². The van der Waals surface area contributed by atoms with Crippen LogP contribution in [0.1, 0.15) is 36.7 Å². The highest BCUT2D eigenvalue weighted by Crippen LogP contribution is 2.20. The molecule has 0 bridgehead atoms. The smallest absolute Gasteiger partial charge is 0.254 e. The zero-order valence-electron chi connectivity index (χ0n) is 14.9. The van der Waals surface area contributed by atoms with Gasteiger partial charge in [-0.15, -0.1) is 0 Å². The third-order valence-electron chi connectivity index (χ3n) is 4.37. The minimum absolute atomic E-state index is 0.0824. The second-order valence-electron chi connectivity index (χ2n) is 6.28. The van der Waals surface area contributed by atoms with Gasteiger partial charge >= 0.3 is 0 Å². The van der Waals surface area contributed by atoms with E-state index in [1.807, 2.05) is 35.1 Å². The van der Waals surface area contributed by atoms with E-state index in [0.717, 1.165) is 30.0 Å². The molecule has 132 valence electrons. The lowest BCUT2D eigenvalue weighted by molar-refractivity contribution is 0.685. The summed E-state index contributed by atoms with van der Waals surface area (Å²) in [5.74, 6) is 1.49. The first-order chi connectivity index (χ1) is 12.7. The first-order valence-electron chi connectivity index (χ1n) is 8.75. The fraction of sp³-hybridized carbons (Fsp3) is 0.263. The molecule has 0 spiro atoms. The molecule has 0 aliphatic heterocycles. The Morgan fingerprint density at radius 3 is 2.81 bits per heavy atom. The predicted octanol–water partition coefficient (Wildman–Crippen LogP) is 3.10. The lowest BCUT2D eigenvalue weighted by Crippen LogP contribution is -2.11. The average molecular weight is 347 g/mol. The summed E-state index contributed by atoms with van der Waals surface area (Å²) in [7, 11) is 0. The third kappa shape index (κ3) is 3.28. The van der Waals surface area contributed by atoms with Crippen molar-refractivity contribution < 1.29 is 0 Å². The number of nitrogens with one attached hydrogen (secondary N) is 1. The highest BCUT2D eigenvalue weighted by Gasteiger charge is 2.12. The fourth-order valence-electron chi connectivity index (χ4n) is 2.91. The highest BCUT2D eigenvalue weighted by atomic mass is 15.4. The monoisotopic (exact) mass is 347 g/mol. The number of benzene rings is 1. The van der Waals surface area contributed by atoms with Crippen LogP contribution in [0.4, 0.5) is 5.82 Å². The van der Waals surface area contributed by atoms with Crippen LogP contribution < -0.4 is 5.32 Å². The van der Waals surface area contributed by atoms with E-state index in [4.69, 9.17) is 0 Å². The van der Waals surface area contributed by atoms with E-state index in [1.54, 1.807) is 4.52 Å². The maximum Gasteiger partial charge on any atom is 0.254 e. The molecule has 1 aromatic carbocycles. The van der Waals surface area contributed by atoms with Crippen LogP contribution in [-0.4, -0.2) is 29.4 Å². The molecule has 0 aliphatic rings. The van der Waals surface area contributed by atoms with Crippen molar-refractivity contribution in [3.05, 3.63) is 71.9 Å². The molecular formula is C19H21N7. The molecule has 4 rings (SSSR count). The van der Waals surface area contributed by atoms with Gasteiger partial charge in [0.25, 0.3) is 5.78 Å². The van der Waals surface area contributed by atoms with Gasteiger partial charge in [-0.2, -0.15) is 19.7 Å². The Bertz CT molecular complexity index is 1000. The molecule has 0 aliphatic carbocycles. The molecule has 7 heteroatoms. The molecule has 0 fully saturated rings. The van der Waals surface area contributed by atoms with Gasteiger partial charge in [-0.05, 0) is 18.9 Å². The summed E-state index contributed by atoms with van der Waals surface area (Å²) in [4.78, 5) is 8.68. The first kappa shape index (κ1) is 16.3. The maximum atomic E-state index is 4.49. The molecule has 7 nitrogen and oxygen atoms in total. The van der Waals surface area contributed by atoms with Gasteiger partial charge in [0.2, 0.25) is 0 Å². The fourth-order valence-corrected chi connectivity index (χ4v) is 2.91. The summed E-state index contributed by atoms with van der Waals surface area (Å²) >= 11 is 0. The van der Waals surface area contributed by atoms with Gasteiger partial charge in [0.1, 0.15) is 12.1 Å². The molecule has 3 heterocycles. The largest absolute Gasteiger partial charge is 0.363 e. The van der Waals surface area contributed by atoms with Crippen molar-refractivity contribution in [1.29, 1.82) is 0 Å². The van der Waals surface area contributed by atoms with Crippen molar-refractivity contribution in [2.75, 3.05) is 5.32 Å². The molecule has 1 atom stereocenters. The number of hydrogen-bond donors (Lipinski definition) is 1. The molecular weight excluding hydrogens is 326 g/mol. The number of nitrogens with zero attached hydrogens (tertiary/aromatic N) is 6. The van der Waals surface area contributed by atoms with E-state index >= 15 is 0 Å². The summed E-state index contributed by atoms with van der Waals surface area (Å²) < 4.78 is 3.68. The summed E-state index contributed by atoms with van der Waals surface area (Å²) in [6, 6.07) is 12.4. The van der Waals surface area contributed by atoms with Crippen LogP contribution in [0.2, 0.25) is 0 Å². The number of anilines is 1. The van der Waals surface area contributed by atoms with Crippen LogP contribution >= 0.6 is 0 Å². The second-order valence-corrected chi connectivity index (χ2v) is 6.28. The topological polar surface area (TPSA) is 72.9 Å². The van der Waals surface area contributed by atoms with Gasteiger partial charge in [0, 0.05) is 23.5 Å². The van der Waals surface area contributed by atoms with Gasteiger partial charge in [-0.1, -0.05) is 37.3 Å². The Labute approximate surface area is 151 Å². The minimum atomic E-state index is 0.0824. The van der Waals surface area contributed by atoms with E-state index in [1.165, 1.54) is 11.9 Å². The molecule has 1 N–H and O–H groups in total. The number of aryl methyl sites for hydroxylation is 1. The van der Waals surface area contributed by atoms with Crippen LogP contribution in [0, 0.1) is 0 Å². The van der Waals surface area contributed by atoms with E-state index < -0.39 is 0 Å². The molecule has 0 radical (unpaired) electrons. The zero-order chi connectivity index (χ0) is 17.9. The lowest BCUT2D eigenvalue weighted by atomic mass is 10.2. The van der Waals surface area contributed by atoms with Crippen LogP contribution in [0.3, 0.4) is 0 Å². The second kappa shape index (κ2) is 6.95. The van der Waals surface area contributed by atoms with Crippen molar-refractivity contribution in [1.82, 2.24) is 29.4 Å². The molecule has 26 heavy (non-hydrogen) atoms. The Balaban J connectivity index is 1.54. The van der Waals surface area contributed by atoms with Crippen LogP contribution in [-0.2, 0) is 13.0 Å². The van der Waals surface area contributed by atoms with Crippen molar-refractivity contribution in [2.45, 2.75) is 32.9 Å². The summed E-state index contributed by atoms with van der Waals surface area (Å²) in [6.45, 7) is 4.95. The number of aromatic nitrogens is 6. The standard InChI is InChI=1S/C19H21N7/c1-3-17-9-18(26-19(24-17)20-13-22-26)23-14(2)16-10-21-25(12-16)11-15-7-5-4-6-8-15/h4-10,12-14,23H,3,11H2,1-2H3. The SMILES string of the molecule is CCc1cc(NC(C)c2cnn(Cc3ccccc3)c2)n2ncnc2n1. The van der Waals surface area contributed by atoms with Gasteiger partial charge in [-0.25, -0.2) is 4.98 Å². The average Bonchev–Trinajstić information content (AvgIpc) is 3.32. The number of rotatable bonds is 6. The Kier molecular flexibility index (Phi) is 4.35. The Morgan fingerprint density at radius 1 is 1.15 bits per heavy atom. The maximum absolute atomic E-state index is 4.49. The highest BCUT2D eigenvalue weighted by molar-refractivity contribution is 5.46. The molecule has 3 aromatic heterocycles. The number of fused-ring (bicyclic) bond motifs is 1. The van der Waals surface area contributed by atoms with E-state index in [2.05, 4.69) is 57.7 Å². The molecule has 1 unspecified atom stereocenters. The van der Waals surface area contributed by atoms with Crippen molar-refractivity contribution >= 4 is 11.6 Å². The van der Waals surface area contributed by atoms with Gasteiger partial charge < -0.3 is 5.32 Å². The van der Waals surface area contributed by atoms with Gasteiger partial charge in [0.05, 0.1) is 18.8 Å². The third-order valence-corrected chi connectivity index (χ3v) is 4.37. The lowest BCUT2D eigenvalue weighted by Gasteiger charge is -2.15. The van der Waals surface area contributed by atoms with Gasteiger partial charge in [0.15, 0.2) is 0 Å². The van der Waals surface area contributed by atoms with E-state index in [0.29, 0.717) is 5.78 Å². The normalized spacial score (nSPS) is 12.4. The minimum Gasteiger partial charge on any atom is -0.363 e. The zero-order valence-corrected chi connectivity index (χ0v) is 14.9. The van der Waals surface area contributed by atoms with Crippen molar-refractivity contribution in [3.8, 4) is 0 Å². The first-order valence-corrected chi connectivity index (χ1v) is 8.75. The molecule has 0 amide bonds. The molecule has 0 saturated heterocycles. The Morgan fingerprint density at radius 2 is 2.00 bits per heavy atom. The van der Waals surface area contributed by atoms with Gasteiger partial charge in [-0.3, -0.25) is 4.68 Å². The van der Waals surface area contributed by atoms with Crippen LogP contribution in [0.5, 0.6) is 0 Å². The summed E-state index contributed by atoms with van der Waals surface area (Å²) in [6.07, 6.45) is 6.35. The molecule has 0 saturated carbocycles. The van der Waals surface area contributed by atoms with Crippen LogP contribution in [0.25, 0.3) is 5.78 Å². The van der Waals surface area contributed by atoms with Crippen molar-refractivity contribution in [2.24, 2.45) is 0 Å². The van der Waals surface area contributed by atoms with E-state index in [-0.39, 0.29) is 6.04 Å². The van der Waals surface area contributed by atoms with E-state index in [9.17, 15) is 0 Å². The summed E-state index contributed by atoms with van der Waals surface area (Å²) in [5, 5.41) is 12.3. The number of hydrogen-bond acceptors (Lipinski definition) is 5. The molecule has 4 aromatic rings.